The van der Waals surface area contributed by atoms with Crippen molar-refractivity contribution in [2.75, 3.05) is 30.9 Å². The van der Waals surface area contributed by atoms with Crippen LogP contribution in [0.1, 0.15) is 96.8 Å². The molecule has 2 N–H and O–H groups in total. The monoisotopic (exact) mass is 410 g/mol. The van der Waals surface area contributed by atoms with Gasteiger partial charge in [-0.1, -0.05) is 71.1 Å². The summed E-state index contributed by atoms with van der Waals surface area (Å²) in [7, 11) is -3.79. The molecule has 0 spiro atoms. The van der Waals surface area contributed by atoms with Gasteiger partial charge in [-0.25, -0.2) is 0 Å². The van der Waals surface area contributed by atoms with Crippen molar-refractivity contribution in [3.63, 3.8) is 0 Å². The molecule has 0 heterocycles. The van der Waals surface area contributed by atoms with E-state index in [1.165, 1.54) is 70.6 Å². The Bertz CT molecular complexity index is 323. The molecule has 6 heteroatoms. The van der Waals surface area contributed by atoms with Gasteiger partial charge in [0.2, 0.25) is 0 Å². The van der Waals surface area contributed by atoms with Gasteiger partial charge in [0.25, 0.3) is 0 Å². The second kappa shape index (κ2) is 20.2. The molecule has 0 saturated carbocycles. The van der Waals surface area contributed by atoms with Gasteiger partial charge in [0.05, 0.1) is 6.16 Å². The Kier molecular flexibility index (Phi) is 20.6. The standard InChI is InChI=1S/C20H43O4PS/c1-2-3-4-5-6-7-8-9-10-11-12-16-24-17-13-14-19-26-20-15-18-25(21,22)23/h2-20H2,1H3,(H2,21,22,23). The van der Waals surface area contributed by atoms with Crippen molar-refractivity contribution in [2.45, 2.75) is 96.8 Å². The van der Waals surface area contributed by atoms with Crippen molar-refractivity contribution in [3.8, 4) is 0 Å². The first-order chi connectivity index (χ1) is 12.6. The van der Waals surface area contributed by atoms with Gasteiger partial charge in [0, 0.05) is 13.2 Å². The van der Waals surface area contributed by atoms with Crippen molar-refractivity contribution < 1.29 is 19.1 Å². The molecule has 0 atom stereocenters. The van der Waals surface area contributed by atoms with Crippen LogP contribution in [0.2, 0.25) is 0 Å². The maximum absolute atomic E-state index is 10.7. The molecule has 4 nitrogen and oxygen atoms in total. The lowest BCUT2D eigenvalue weighted by Crippen LogP contribution is -1.98. The summed E-state index contributed by atoms with van der Waals surface area (Å²) in [4.78, 5) is 17.5. The summed E-state index contributed by atoms with van der Waals surface area (Å²) in [6, 6.07) is 0. The van der Waals surface area contributed by atoms with Crippen LogP contribution in [0.4, 0.5) is 0 Å². The molecule has 0 amide bonds. The zero-order valence-electron chi connectivity index (χ0n) is 17.0. The van der Waals surface area contributed by atoms with E-state index >= 15 is 0 Å². The van der Waals surface area contributed by atoms with Crippen LogP contribution in [-0.4, -0.2) is 40.7 Å². The van der Waals surface area contributed by atoms with E-state index in [0.29, 0.717) is 6.42 Å². The minimum absolute atomic E-state index is 0.0159. The van der Waals surface area contributed by atoms with Gasteiger partial charge in [-0.05, 0) is 37.2 Å². The van der Waals surface area contributed by atoms with Gasteiger partial charge in [-0.2, -0.15) is 11.8 Å². The minimum Gasteiger partial charge on any atom is -0.381 e. The molecule has 0 aromatic carbocycles. The molecule has 0 aromatic rings. The van der Waals surface area contributed by atoms with E-state index in [-0.39, 0.29) is 6.16 Å². The topological polar surface area (TPSA) is 66.8 Å². The van der Waals surface area contributed by atoms with E-state index < -0.39 is 7.60 Å². The Morgan fingerprint density at radius 3 is 1.69 bits per heavy atom. The van der Waals surface area contributed by atoms with E-state index in [0.717, 1.165) is 37.6 Å². The number of rotatable bonds is 21. The maximum Gasteiger partial charge on any atom is 0.325 e. The lowest BCUT2D eigenvalue weighted by Gasteiger charge is -2.05. The number of thioether (sulfide) groups is 1. The summed E-state index contributed by atoms with van der Waals surface area (Å²) in [5, 5.41) is 0. The third-order valence-electron chi connectivity index (χ3n) is 4.46. The molecular formula is C20H43O4PS. The molecule has 158 valence electrons. The van der Waals surface area contributed by atoms with Crippen LogP contribution < -0.4 is 0 Å². The molecule has 0 fully saturated rings. The molecule has 0 saturated heterocycles. The highest BCUT2D eigenvalue weighted by molar-refractivity contribution is 7.99. The first-order valence-corrected chi connectivity index (χ1v) is 13.7. The minimum atomic E-state index is -3.79. The summed E-state index contributed by atoms with van der Waals surface area (Å²) >= 11 is 1.78. The molecule has 0 radical (unpaired) electrons. The molecular weight excluding hydrogens is 367 g/mol. The zero-order chi connectivity index (χ0) is 19.3. The Balaban J connectivity index is 3.02. The summed E-state index contributed by atoms with van der Waals surface area (Å²) < 4.78 is 16.4. The summed E-state index contributed by atoms with van der Waals surface area (Å²) in [6.45, 7) is 4.01. The van der Waals surface area contributed by atoms with Gasteiger partial charge in [0.1, 0.15) is 0 Å². The highest BCUT2D eigenvalue weighted by Crippen LogP contribution is 2.35. The van der Waals surface area contributed by atoms with E-state index in [9.17, 15) is 4.57 Å². The van der Waals surface area contributed by atoms with Crippen LogP contribution in [0.3, 0.4) is 0 Å². The van der Waals surface area contributed by atoms with Crippen molar-refractivity contribution in [1.29, 1.82) is 0 Å². The lowest BCUT2D eigenvalue weighted by atomic mass is 10.1. The van der Waals surface area contributed by atoms with Crippen LogP contribution >= 0.6 is 19.4 Å². The van der Waals surface area contributed by atoms with E-state index in [1.807, 2.05) is 0 Å². The first kappa shape index (κ1) is 26.5. The molecule has 0 aromatic heterocycles. The number of hydrogen-bond acceptors (Lipinski definition) is 3. The average molecular weight is 411 g/mol. The van der Waals surface area contributed by atoms with Gasteiger partial charge in [-0.15, -0.1) is 0 Å². The number of unbranched alkanes of at least 4 members (excludes halogenated alkanes) is 11. The van der Waals surface area contributed by atoms with Gasteiger partial charge >= 0.3 is 7.60 Å². The largest absolute Gasteiger partial charge is 0.381 e. The van der Waals surface area contributed by atoms with E-state index in [1.54, 1.807) is 11.8 Å². The third kappa shape index (κ3) is 24.5. The smallest absolute Gasteiger partial charge is 0.325 e. The van der Waals surface area contributed by atoms with Gasteiger partial charge in [0.15, 0.2) is 0 Å². The summed E-state index contributed by atoms with van der Waals surface area (Å²) in [5.41, 5.74) is 0. The SMILES string of the molecule is CCCCCCCCCCCCCOCCCCSCCCP(=O)(O)O. The maximum atomic E-state index is 10.7. The predicted molar refractivity (Wildman–Crippen MR) is 115 cm³/mol. The molecule has 0 aliphatic rings. The number of hydrogen-bond donors (Lipinski definition) is 2. The Hall–Kier alpha value is 0.460. The summed E-state index contributed by atoms with van der Waals surface area (Å²) in [5.74, 6) is 1.90. The molecule has 0 rings (SSSR count). The Morgan fingerprint density at radius 2 is 1.15 bits per heavy atom. The second-order valence-corrected chi connectivity index (χ2v) is 10.2. The van der Waals surface area contributed by atoms with Crippen molar-refractivity contribution in [1.82, 2.24) is 0 Å². The van der Waals surface area contributed by atoms with Gasteiger partial charge in [-0.3, -0.25) is 4.57 Å². The molecule has 0 aliphatic heterocycles. The number of ether oxygens (including phenoxy) is 1. The van der Waals surface area contributed by atoms with E-state index in [2.05, 4.69) is 6.92 Å². The highest BCUT2D eigenvalue weighted by atomic mass is 32.2. The molecule has 26 heavy (non-hydrogen) atoms. The van der Waals surface area contributed by atoms with Crippen LogP contribution in [-0.2, 0) is 9.30 Å². The summed E-state index contributed by atoms with van der Waals surface area (Å²) in [6.07, 6.45) is 17.9. The normalized spacial score (nSPS) is 12.0. The first-order valence-electron chi connectivity index (χ1n) is 10.8. The Morgan fingerprint density at radius 1 is 0.692 bits per heavy atom. The predicted octanol–water partition coefficient (Wildman–Crippen LogP) is 6.40. The van der Waals surface area contributed by atoms with Crippen LogP contribution in [0.15, 0.2) is 0 Å². The lowest BCUT2D eigenvalue weighted by molar-refractivity contribution is 0.127. The molecule has 0 bridgehead atoms. The Labute approximate surface area is 166 Å². The zero-order valence-corrected chi connectivity index (χ0v) is 18.7. The average Bonchev–Trinajstić information content (AvgIpc) is 2.59. The highest BCUT2D eigenvalue weighted by Gasteiger charge is 2.10. The fourth-order valence-corrected chi connectivity index (χ4v) is 4.60. The third-order valence-corrected chi connectivity index (χ3v) is 6.51. The van der Waals surface area contributed by atoms with Crippen LogP contribution in [0, 0.1) is 0 Å². The molecule has 0 unspecified atom stereocenters. The molecule has 0 aliphatic carbocycles. The van der Waals surface area contributed by atoms with Crippen molar-refractivity contribution in [2.24, 2.45) is 0 Å². The second-order valence-electron chi connectivity index (χ2n) is 7.21. The fourth-order valence-electron chi connectivity index (χ4n) is 2.85. The van der Waals surface area contributed by atoms with Crippen LogP contribution in [0.25, 0.3) is 0 Å². The fraction of sp³-hybridized carbons (Fsp3) is 1.00. The van der Waals surface area contributed by atoms with Crippen molar-refractivity contribution in [3.05, 3.63) is 0 Å². The van der Waals surface area contributed by atoms with Crippen LogP contribution in [0.5, 0.6) is 0 Å². The van der Waals surface area contributed by atoms with Gasteiger partial charge < -0.3 is 14.5 Å². The van der Waals surface area contributed by atoms with E-state index in [4.69, 9.17) is 14.5 Å². The van der Waals surface area contributed by atoms with Crippen molar-refractivity contribution >= 4 is 19.4 Å². The quantitative estimate of drug-likeness (QED) is 0.169.